The van der Waals surface area contributed by atoms with Crippen molar-refractivity contribution in [1.29, 1.82) is 0 Å². The van der Waals surface area contributed by atoms with E-state index in [9.17, 15) is 14.6 Å². The summed E-state index contributed by atoms with van der Waals surface area (Å²) in [5, 5.41) is 0.675. The predicted octanol–water partition coefficient (Wildman–Crippen LogP) is 3.37. The van der Waals surface area contributed by atoms with E-state index in [-0.39, 0.29) is 24.7 Å². The average molecular weight is 367 g/mol. The van der Waals surface area contributed by atoms with Crippen LogP contribution < -0.4 is 0 Å². The van der Waals surface area contributed by atoms with Crippen molar-refractivity contribution < 1.29 is 14.6 Å². The van der Waals surface area contributed by atoms with Crippen LogP contribution in [0.25, 0.3) is 0 Å². The normalized spacial score (nSPS) is 11.7. The number of carbonyl (C=O) groups excluding carboxylic acids is 1. The van der Waals surface area contributed by atoms with Crippen LogP contribution in [0, 0.1) is 0 Å². The topological polar surface area (TPSA) is 60.8 Å². The second-order valence-electron chi connectivity index (χ2n) is 6.02. The SMILES string of the molecule is CN(CC(=O)C[P+](O)(O)Cc1ccccc1)Cc1ccc(Cl)cc1. The molecule has 0 amide bonds. The molecule has 0 radical (unpaired) electrons. The molecule has 2 aromatic carbocycles. The first-order chi connectivity index (χ1) is 11.3. The monoisotopic (exact) mass is 366 g/mol. The lowest BCUT2D eigenvalue weighted by Crippen LogP contribution is -2.28. The largest absolute Gasteiger partial charge is 0.295 e. The van der Waals surface area contributed by atoms with Gasteiger partial charge >= 0.3 is 0 Å². The maximum Gasteiger partial charge on any atom is 0.279 e. The quantitative estimate of drug-likeness (QED) is 0.703. The molecule has 0 aromatic heterocycles. The van der Waals surface area contributed by atoms with E-state index in [0.717, 1.165) is 11.1 Å². The number of Topliss-reactive ketones (excluding diaryl/α,β-unsaturated/α-hetero) is 1. The van der Waals surface area contributed by atoms with Gasteiger partial charge in [0.05, 0.1) is 6.54 Å². The van der Waals surface area contributed by atoms with Crippen molar-refractivity contribution in [2.75, 3.05) is 19.8 Å². The Bertz CT molecular complexity index is 662. The van der Waals surface area contributed by atoms with Gasteiger partial charge in [-0.2, -0.15) is 0 Å². The molecule has 0 aliphatic rings. The second kappa shape index (κ2) is 8.70. The van der Waals surface area contributed by atoms with Crippen LogP contribution in [0.4, 0.5) is 0 Å². The number of likely N-dealkylation sites (N-methyl/N-ethyl adjacent to an activating group) is 1. The van der Waals surface area contributed by atoms with Crippen LogP contribution in [0.15, 0.2) is 54.6 Å². The van der Waals surface area contributed by atoms with Gasteiger partial charge in [-0.1, -0.05) is 54.1 Å². The molecule has 0 aliphatic heterocycles. The maximum absolute atomic E-state index is 12.1. The highest BCUT2D eigenvalue weighted by Gasteiger charge is 2.36. The van der Waals surface area contributed by atoms with E-state index in [1.165, 1.54) is 0 Å². The molecule has 6 heteroatoms. The zero-order chi connectivity index (χ0) is 17.6. The lowest BCUT2D eigenvalue weighted by Gasteiger charge is -2.17. The van der Waals surface area contributed by atoms with Crippen LogP contribution in [-0.2, 0) is 17.5 Å². The predicted molar refractivity (Wildman–Crippen MR) is 99.2 cm³/mol. The van der Waals surface area contributed by atoms with Crippen molar-refractivity contribution in [2.24, 2.45) is 0 Å². The summed E-state index contributed by atoms with van der Waals surface area (Å²) >= 11 is 5.85. The van der Waals surface area contributed by atoms with Crippen molar-refractivity contribution >= 4 is 25.1 Å². The number of hydrogen-bond donors (Lipinski definition) is 2. The number of hydrogen-bond acceptors (Lipinski definition) is 4. The molecule has 0 spiro atoms. The van der Waals surface area contributed by atoms with Gasteiger partial charge in [0.25, 0.3) is 7.72 Å². The summed E-state index contributed by atoms with van der Waals surface area (Å²) in [7, 11) is -1.43. The van der Waals surface area contributed by atoms with Crippen LogP contribution in [0.1, 0.15) is 11.1 Å². The summed E-state index contributed by atoms with van der Waals surface area (Å²) in [6, 6.07) is 16.7. The van der Waals surface area contributed by atoms with E-state index in [1.807, 2.05) is 66.5 Å². The third-order valence-corrected chi connectivity index (χ3v) is 5.50. The molecule has 0 saturated heterocycles. The summed E-state index contributed by atoms with van der Waals surface area (Å²) in [6.07, 6.45) is -0.0483. The highest BCUT2D eigenvalue weighted by Crippen LogP contribution is 2.52. The first-order valence-electron chi connectivity index (χ1n) is 7.65. The molecule has 0 unspecified atom stereocenters. The van der Waals surface area contributed by atoms with Gasteiger partial charge in [0.1, 0.15) is 6.16 Å². The molecule has 0 aliphatic carbocycles. The lowest BCUT2D eigenvalue weighted by molar-refractivity contribution is -0.117. The molecular weight excluding hydrogens is 345 g/mol. The van der Waals surface area contributed by atoms with Crippen LogP contribution in [-0.4, -0.2) is 40.2 Å². The van der Waals surface area contributed by atoms with Gasteiger partial charge in [0, 0.05) is 11.6 Å². The van der Waals surface area contributed by atoms with Crippen LogP contribution in [0.2, 0.25) is 5.02 Å². The third-order valence-electron chi connectivity index (χ3n) is 3.52. The number of rotatable bonds is 8. The lowest BCUT2D eigenvalue weighted by atomic mass is 10.2. The highest BCUT2D eigenvalue weighted by molar-refractivity contribution is 7.64. The van der Waals surface area contributed by atoms with Crippen LogP contribution in [0.5, 0.6) is 0 Å². The molecule has 0 bridgehead atoms. The first kappa shape index (κ1) is 19.0. The van der Waals surface area contributed by atoms with Crippen molar-refractivity contribution in [3.05, 3.63) is 70.7 Å². The molecule has 2 N–H and O–H groups in total. The Labute approximate surface area is 148 Å². The van der Waals surface area contributed by atoms with Gasteiger partial charge in [-0.15, -0.1) is 0 Å². The standard InChI is InChI=1S/C18H22ClNO3P/c1-20(11-15-7-9-17(19)10-8-15)12-18(21)14-24(22,23)13-16-5-3-2-4-6-16/h2-10,22-23H,11-14H2,1H3/q+1. The van der Waals surface area contributed by atoms with E-state index < -0.39 is 7.72 Å². The number of halogens is 1. The van der Waals surface area contributed by atoms with E-state index in [4.69, 9.17) is 11.6 Å². The van der Waals surface area contributed by atoms with Gasteiger partial charge in [-0.3, -0.25) is 9.69 Å². The Morgan fingerprint density at radius 3 is 2.29 bits per heavy atom. The smallest absolute Gasteiger partial charge is 0.279 e. The van der Waals surface area contributed by atoms with Gasteiger partial charge in [0.2, 0.25) is 0 Å². The molecule has 24 heavy (non-hydrogen) atoms. The summed E-state index contributed by atoms with van der Waals surface area (Å²) < 4.78 is 0. The number of nitrogens with zero attached hydrogens (tertiary/aromatic N) is 1. The molecule has 128 valence electrons. The summed E-state index contributed by atoms with van der Waals surface area (Å²) in [5.74, 6) is -0.166. The zero-order valence-electron chi connectivity index (χ0n) is 13.6. The number of benzene rings is 2. The fraction of sp³-hybridized carbons (Fsp3) is 0.278. The minimum absolute atomic E-state index is 0.139. The molecule has 2 aromatic rings. The molecule has 0 atom stereocenters. The highest BCUT2D eigenvalue weighted by atomic mass is 35.5. The van der Waals surface area contributed by atoms with Gasteiger partial charge in [-0.25, -0.2) is 9.79 Å². The van der Waals surface area contributed by atoms with Crippen LogP contribution in [0.3, 0.4) is 0 Å². The Hall–Kier alpha value is -1.29. The minimum Gasteiger partial charge on any atom is -0.295 e. The third kappa shape index (κ3) is 6.68. The minimum atomic E-state index is -3.26. The maximum atomic E-state index is 12.1. The number of ketones is 1. The molecule has 2 rings (SSSR count). The average Bonchev–Trinajstić information content (AvgIpc) is 2.49. The Kier molecular flexibility index (Phi) is 6.90. The molecule has 0 fully saturated rings. The van der Waals surface area contributed by atoms with Gasteiger partial charge in [-0.05, 0) is 30.3 Å². The van der Waals surface area contributed by atoms with Gasteiger partial charge < -0.3 is 0 Å². The fourth-order valence-corrected chi connectivity index (χ4v) is 4.22. The zero-order valence-corrected chi connectivity index (χ0v) is 15.3. The van der Waals surface area contributed by atoms with Crippen LogP contribution >= 0.6 is 19.3 Å². The Morgan fingerprint density at radius 2 is 1.67 bits per heavy atom. The number of carbonyl (C=O) groups is 1. The van der Waals surface area contributed by atoms with Gasteiger partial charge in [0.15, 0.2) is 11.9 Å². The summed E-state index contributed by atoms with van der Waals surface area (Å²) in [6.45, 7) is 0.782. The van der Waals surface area contributed by atoms with E-state index >= 15 is 0 Å². The fourth-order valence-electron chi connectivity index (χ4n) is 2.52. The van der Waals surface area contributed by atoms with Crippen molar-refractivity contribution in [1.82, 2.24) is 4.90 Å². The molecule has 0 heterocycles. The summed E-state index contributed by atoms with van der Waals surface area (Å²) in [4.78, 5) is 34.4. The van der Waals surface area contributed by atoms with E-state index in [0.29, 0.717) is 11.6 Å². The summed E-state index contributed by atoms with van der Waals surface area (Å²) in [5.41, 5.74) is 1.88. The molecule has 4 nitrogen and oxygen atoms in total. The second-order valence-corrected chi connectivity index (χ2v) is 8.84. The Balaban J connectivity index is 1.83. The molecule has 0 saturated carbocycles. The van der Waals surface area contributed by atoms with Crippen molar-refractivity contribution in [3.63, 3.8) is 0 Å². The Morgan fingerprint density at radius 1 is 1.04 bits per heavy atom. The first-order valence-corrected chi connectivity index (χ1v) is 10.1. The van der Waals surface area contributed by atoms with Crippen molar-refractivity contribution in [2.45, 2.75) is 12.7 Å². The molecular formula is C18H22ClNO3P+. The van der Waals surface area contributed by atoms with Crippen molar-refractivity contribution in [3.8, 4) is 0 Å². The van der Waals surface area contributed by atoms with E-state index in [2.05, 4.69) is 0 Å². The van der Waals surface area contributed by atoms with E-state index in [1.54, 1.807) is 0 Å².